The number of hydrogen-bond donors (Lipinski definition) is 1. The van der Waals surface area contributed by atoms with E-state index in [0.717, 1.165) is 66.0 Å². The number of unbranched alkanes of at least 4 members (excludes halogenated alkanes) is 2. The molecule has 4 rings (SSSR count). The Hall–Kier alpha value is -3.60. The summed E-state index contributed by atoms with van der Waals surface area (Å²) in [5.74, 6) is 2.00. The van der Waals surface area contributed by atoms with Crippen molar-refractivity contribution in [2.75, 3.05) is 13.2 Å². The van der Waals surface area contributed by atoms with Crippen LogP contribution in [0.1, 0.15) is 67.3 Å². The Morgan fingerprint density at radius 1 is 0.919 bits per heavy atom. The average Bonchev–Trinajstić information content (AvgIpc) is 3.23. The Bertz CT molecular complexity index is 1320. The SMILES string of the molecule is Cc1ccccc1C(=O)NCCCCCc1nc2ccccc2n1CCOc1ccc(C(C)(C)C)cc1. The number of carbonyl (C=O) groups excluding carboxylic acids is 1. The van der Waals surface area contributed by atoms with Crippen LogP contribution < -0.4 is 10.1 Å². The molecule has 194 valence electrons. The molecule has 0 radical (unpaired) electrons. The molecule has 5 nitrogen and oxygen atoms in total. The lowest BCUT2D eigenvalue weighted by atomic mass is 9.87. The van der Waals surface area contributed by atoms with Crippen molar-refractivity contribution in [3.63, 3.8) is 0 Å². The van der Waals surface area contributed by atoms with Crippen LogP contribution in [0.25, 0.3) is 11.0 Å². The fraction of sp³-hybridized carbons (Fsp3) is 0.375. The van der Waals surface area contributed by atoms with Gasteiger partial charge in [-0.3, -0.25) is 4.79 Å². The fourth-order valence-corrected chi connectivity index (χ4v) is 4.58. The Morgan fingerprint density at radius 2 is 1.65 bits per heavy atom. The Morgan fingerprint density at radius 3 is 2.41 bits per heavy atom. The maximum Gasteiger partial charge on any atom is 0.251 e. The minimum Gasteiger partial charge on any atom is -0.492 e. The van der Waals surface area contributed by atoms with E-state index in [1.54, 1.807) is 0 Å². The van der Waals surface area contributed by atoms with Crippen molar-refractivity contribution in [1.82, 2.24) is 14.9 Å². The van der Waals surface area contributed by atoms with Gasteiger partial charge in [-0.1, -0.05) is 69.7 Å². The molecule has 5 heteroatoms. The first-order valence-electron chi connectivity index (χ1n) is 13.3. The minimum atomic E-state index is 0.00735. The van der Waals surface area contributed by atoms with Crippen molar-refractivity contribution >= 4 is 16.9 Å². The van der Waals surface area contributed by atoms with E-state index >= 15 is 0 Å². The van der Waals surface area contributed by atoms with E-state index < -0.39 is 0 Å². The third-order valence-electron chi connectivity index (χ3n) is 6.79. The zero-order chi connectivity index (χ0) is 26.3. The molecular formula is C32H39N3O2. The van der Waals surface area contributed by atoms with Crippen LogP contribution in [0.3, 0.4) is 0 Å². The zero-order valence-electron chi connectivity index (χ0n) is 22.6. The predicted octanol–water partition coefficient (Wildman–Crippen LogP) is 6.86. The maximum absolute atomic E-state index is 12.4. The van der Waals surface area contributed by atoms with Gasteiger partial charge in [0.25, 0.3) is 5.91 Å². The van der Waals surface area contributed by atoms with E-state index in [1.165, 1.54) is 5.56 Å². The summed E-state index contributed by atoms with van der Waals surface area (Å²) in [6, 6.07) is 24.4. The number of amides is 1. The molecule has 0 aliphatic carbocycles. The van der Waals surface area contributed by atoms with Crippen LogP contribution >= 0.6 is 0 Å². The van der Waals surface area contributed by atoms with E-state index in [-0.39, 0.29) is 11.3 Å². The molecule has 0 saturated heterocycles. The third kappa shape index (κ3) is 7.00. The van der Waals surface area contributed by atoms with Gasteiger partial charge in [-0.2, -0.15) is 0 Å². The average molecular weight is 498 g/mol. The molecule has 37 heavy (non-hydrogen) atoms. The molecule has 1 N–H and O–H groups in total. The quantitative estimate of drug-likeness (QED) is 0.230. The molecule has 0 aliphatic heterocycles. The lowest BCUT2D eigenvalue weighted by Gasteiger charge is -2.19. The molecule has 1 aromatic heterocycles. The van der Waals surface area contributed by atoms with Gasteiger partial charge in [0.1, 0.15) is 18.2 Å². The number of nitrogens with zero attached hydrogens (tertiary/aromatic N) is 2. The van der Waals surface area contributed by atoms with Gasteiger partial charge in [0.15, 0.2) is 0 Å². The van der Waals surface area contributed by atoms with E-state index in [2.05, 4.69) is 73.1 Å². The predicted molar refractivity (Wildman–Crippen MR) is 151 cm³/mol. The third-order valence-corrected chi connectivity index (χ3v) is 6.79. The number of rotatable bonds is 11. The minimum absolute atomic E-state index is 0.00735. The first kappa shape index (κ1) is 26.5. The number of benzene rings is 3. The number of para-hydroxylation sites is 2. The lowest BCUT2D eigenvalue weighted by Crippen LogP contribution is -2.25. The van der Waals surface area contributed by atoms with Crippen molar-refractivity contribution < 1.29 is 9.53 Å². The van der Waals surface area contributed by atoms with Crippen LogP contribution in [-0.2, 0) is 18.4 Å². The number of ether oxygens (including phenoxy) is 1. The second-order valence-electron chi connectivity index (χ2n) is 10.7. The topological polar surface area (TPSA) is 56.2 Å². The molecule has 0 aliphatic rings. The van der Waals surface area contributed by atoms with Gasteiger partial charge in [-0.15, -0.1) is 0 Å². The monoisotopic (exact) mass is 497 g/mol. The van der Waals surface area contributed by atoms with Crippen molar-refractivity contribution in [3.8, 4) is 5.75 Å². The summed E-state index contributed by atoms with van der Waals surface area (Å²) in [5, 5.41) is 3.05. The highest BCUT2D eigenvalue weighted by Crippen LogP contribution is 2.24. The first-order valence-corrected chi connectivity index (χ1v) is 13.3. The smallest absolute Gasteiger partial charge is 0.251 e. The molecule has 1 heterocycles. The van der Waals surface area contributed by atoms with Crippen LogP contribution in [0, 0.1) is 6.92 Å². The Kier molecular flexibility index (Phi) is 8.65. The number of carbonyl (C=O) groups is 1. The standard InChI is InChI=1S/C32H39N3O2/c1-24-12-7-8-13-27(24)31(36)33-21-11-5-6-16-30-34-28-14-9-10-15-29(28)35(30)22-23-37-26-19-17-25(18-20-26)32(2,3)4/h7-10,12-15,17-20H,5-6,11,16,21-23H2,1-4H3,(H,33,36). The van der Waals surface area contributed by atoms with E-state index in [0.29, 0.717) is 13.2 Å². The number of imidazole rings is 1. The summed E-state index contributed by atoms with van der Waals surface area (Å²) in [4.78, 5) is 17.3. The highest BCUT2D eigenvalue weighted by Gasteiger charge is 2.14. The van der Waals surface area contributed by atoms with Crippen LogP contribution in [-0.4, -0.2) is 28.6 Å². The lowest BCUT2D eigenvalue weighted by molar-refractivity contribution is 0.0952. The van der Waals surface area contributed by atoms with E-state index in [1.807, 2.05) is 37.3 Å². The van der Waals surface area contributed by atoms with Gasteiger partial charge in [0.2, 0.25) is 0 Å². The molecule has 0 fully saturated rings. The number of aryl methyl sites for hydroxylation is 2. The number of aromatic nitrogens is 2. The highest BCUT2D eigenvalue weighted by molar-refractivity contribution is 5.95. The molecular weight excluding hydrogens is 458 g/mol. The van der Waals surface area contributed by atoms with Gasteiger partial charge < -0.3 is 14.6 Å². The van der Waals surface area contributed by atoms with Crippen molar-refractivity contribution in [3.05, 3.63) is 95.3 Å². The maximum atomic E-state index is 12.4. The largest absolute Gasteiger partial charge is 0.492 e. The first-order chi connectivity index (χ1) is 17.8. The van der Waals surface area contributed by atoms with Crippen molar-refractivity contribution in [1.29, 1.82) is 0 Å². The summed E-state index contributed by atoms with van der Waals surface area (Å²) >= 11 is 0. The summed E-state index contributed by atoms with van der Waals surface area (Å²) in [6.45, 7) is 10.7. The molecule has 0 spiro atoms. The second-order valence-corrected chi connectivity index (χ2v) is 10.7. The van der Waals surface area contributed by atoms with Crippen molar-refractivity contribution in [2.24, 2.45) is 0 Å². The number of nitrogens with one attached hydrogen (secondary N) is 1. The summed E-state index contributed by atoms with van der Waals surface area (Å²) < 4.78 is 8.38. The molecule has 0 bridgehead atoms. The molecule has 1 amide bonds. The number of hydrogen-bond acceptors (Lipinski definition) is 3. The van der Waals surface area contributed by atoms with E-state index in [9.17, 15) is 4.79 Å². The second kappa shape index (κ2) is 12.1. The van der Waals surface area contributed by atoms with Gasteiger partial charge in [0, 0.05) is 18.5 Å². The van der Waals surface area contributed by atoms with Crippen LogP contribution in [0.5, 0.6) is 5.75 Å². The normalized spacial score (nSPS) is 11.6. The van der Waals surface area contributed by atoms with Crippen LogP contribution in [0.2, 0.25) is 0 Å². The zero-order valence-corrected chi connectivity index (χ0v) is 22.6. The van der Waals surface area contributed by atoms with Gasteiger partial charge in [0.05, 0.1) is 17.6 Å². The molecule has 3 aromatic carbocycles. The van der Waals surface area contributed by atoms with E-state index in [4.69, 9.17) is 9.72 Å². The van der Waals surface area contributed by atoms with Gasteiger partial charge in [-0.25, -0.2) is 4.98 Å². The fourth-order valence-electron chi connectivity index (χ4n) is 4.58. The molecule has 0 unspecified atom stereocenters. The molecule has 4 aromatic rings. The highest BCUT2D eigenvalue weighted by atomic mass is 16.5. The summed E-state index contributed by atoms with van der Waals surface area (Å²) in [6.07, 6.45) is 3.92. The summed E-state index contributed by atoms with van der Waals surface area (Å²) in [7, 11) is 0. The van der Waals surface area contributed by atoms with Crippen LogP contribution in [0.4, 0.5) is 0 Å². The van der Waals surface area contributed by atoms with Crippen molar-refractivity contribution in [2.45, 2.75) is 65.3 Å². The Balaban J connectivity index is 1.28. The number of fused-ring (bicyclic) bond motifs is 1. The van der Waals surface area contributed by atoms with Gasteiger partial charge in [-0.05, 0) is 66.6 Å². The summed E-state index contributed by atoms with van der Waals surface area (Å²) in [5.41, 5.74) is 5.37. The molecule has 0 saturated carbocycles. The molecule has 0 atom stereocenters. The van der Waals surface area contributed by atoms with Crippen LogP contribution in [0.15, 0.2) is 72.8 Å². The van der Waals surface area contributed by atoms with Gasteiger partial charge >= 0.3 is 0 Å². The Labute approximate surface area is 220 Å².